The lowest BCUT2D eigenvalue weighted by molar-refractivity contribution is 0.0949. The van der Waals surface area contributed by atoms with Crippen LogP contribution in [0.25, 0.3) is 0 Å². The van der Waals surface area contributed by atoms with E-state index in [1.165, 1.54) is 0 Å². The van der Waals surface area contributed by atoms with Crippen LogP contribution in [-0.2, 0) is 0 Å². The molecule has 6 nitrogen and oxygen atoms in total. The number of hydrogen-bond donors (Lipinski definition) is 1. The zero-order chi connectivity index (χ0) is 23.1. The lowest BCUT2D eigenvalue weighted by Crippen LogP contribution is -2.46. The monoisotopic (exact) mass is 477 g/mol. The maximum Gasteiger partial charge on any atom is 0.255 e. The summed E-state index contributed by atoms with van der Waals surface area (Å²) in [6, 6.07) is 9.45. The third-order valence-corrected chi connectivity index (χ3v) is 6.51. The molecular formula is C23H30BCl2N3O3. The molecule has 0 atom stereocenters. The molecule has 9 heteroatoms. The van der Waals surface area contributed by atoms with Crippen LogP contribution in [-0.4, -0.2) is 72.1 Å². The Hall–Kier alpha value is -2.09. The molecule has 1 saturated heterocycles. The van der Waals surface area contributed by atoms with Crippen molar-refractivity contribution in [3.63, 3.8) is 0 Å². The minimum atomic E-state index is -0.143. The molecule has 2 aromatic rings. The fourth-order valence-corrected chi connectivity index (χ4v) is 4.39. The standard InChI is InChI=1S/C23H30BCl2N3O3/c1-31-20-15-16(24)14-17(22(20)32-2)23(30)27-8-3-4-9-28-10-12-29(13-11-28)19-7-5-6-18(25)21(19)26/h5-7,14-15H,3-4,8-13,24H2,1-2H3,(H,27,30). The summed E-state index contributed by atoms with van der Waals surface area (Å²) in [7, 11) is 5.05. The molecule has 3 rings (SSSR count). The quantitative estimate of drug-likeness (QED) is 0.444. The second kappa shape index (κ2) is 11.7. The number of nitrogens with one attached hydrogen (secondary N) is 1. The molecule has 1 fully saturated rings. The van der Waals surface area contributed by atoms with Gasteiger partial charge in [0, 0.05) is 32.7 Å². The van der Waals surface area contributed by atoms with Gasteiger partial charge in [0.1, 0.15) is 7.85 Å². The molecule has 0 spiro atoms. The zero-order valence-corrected chi connectivity index (χ0v) is 20.4. The number of anilines is 1. The van der Waals surface area contributed by atoms with E-state index >= 15 is 0 Å². The van der Waals surface area contributed by atoms with Gasteiger partial charge in [-0.2, -0.15) is 0 Å². The zero-order valence-electron chi connectivity index (χ0n) is 18.9. The summed E-state index contributed by atoms with van der Waals surface area (Å²) in [4.78, 5) is 17.4. The van der Waals surface area contributed by atoms with E-state index in [9.17, 15) is 4.79 Å². The van der Waals surface area contributed by atoms with Gasteiger partial charge in [-0.3, -0.25) is 9.69 Å². The van der Waals surface area contributed by atoms with E-state index < -0.39 is 0 Å². The Morgan fingerprint density at radius 3 is 2.53 bits per heavy atom. The van der Waals surface area contributed by atoms with Crippen LogP contribution in [0.3, 0.4) is 0 Å². The Morgan fingerprint density at radius 2 is 1.84 bits per heavy atom. The van der Waals surface area contributed by atoms with Crippen molar-refractivity contribution in [3.05, 3.63) is 45.9 Å². The van der Waals surface area contributed by atoms with E-state index in [2.05, 4.69) is 15.1 Å². The minimum absolute atomic E-state index is 0.143. The first-order valence-corrected chi connectivity index (χ1v) is 11.6. The lowest BCUT2D eigenvalue weighted by atomic mass is 9.93. The first kappa shape index (κ1) is 24.6. The first-order chi connectivity index (χ1) is 15.4. The SMILES string of the molecule is Bc1cc(OC)c(OC)c(C(=O)NCCCCN2CCN(c3cccc(Cl)c3Cl)CC2)c1. The second-order valence-corrected chi connectivity index (χ2v) is 8.70. The molecular weight excluding hydrogens is 448 g/mol. The van der Waals surface area contributed by atoms with Crippen LogP contribution in [0, 0.1) is 0 Å². The molecule has 0 saturated carbocycles. The van der Waals surface area contributed by atoms with Crippen molar-refractivity contribution >= 4 is 48.1 Å². The van der Waals surface area contributed by atoms with E-state index in [-0.39, 0.29) is 5.91 Å². The summed E-state index contributed by atoms with van der Waals surface area (Å²) in [6.07, 6.45) is 1.93. The molecule has 1 amide bonds. The molecule has 2 aromatic carbocycles. The third-order valence-electron chi connectivity index (χ3n) is 5.70. The van der Waals surface area contributed by atoms with Gasteiger partial charge in [0.25, 0.3) is 5.91 Å². The highest BCUT2D eigenvalue weighted by Gasteiger charge is 2.20. The van der Waals surface area contributed by atoms with E-state index in [4.69, 9.17) is 32.7 Å². The van der Waals surface area contributed by atoms with Gasteiger partial charge in [-0.1, -0.05) is 40.8 Å². The molecule has 0 unspecified atom stereocenters. The van der Waals surface area contributed by atoms with E-state index in [0.717, 1.165) is 56.7 Å². The Kier molecular flexibility index (Phi) is 8.97. The number of amides is 1. The van der Waals surface area contributed by atoms with Gasteiger partial charge in [-0.15, -0.1) is 0 Å². The normalized spacial score (nSPS) is 14.3. The number of piperazine rings is 1. The Labute approximate surface area is 201 Å². The van der Waals surface area contributed by atoms with E-state index in [0.29, 0.717) is 33.7 Å². The van der Waals surface area contributed by atoms with Crippen molar-refractivity contribution in [2.45, 2.75) is 12.8 Å². The van der Waals surface area contributed by atoms with Crippen LogP contribution < -0.4 is 25.2 Å². The maximum absolute atomic E-state index is 12.6. The van der Waals surface area contributed by atoms with Crippen molar-refractivity contribution in [3.8, 4) is 11.5 Å². The van der Waals surface area contributed by atoms with Gasteiger partial charge < -0.3 is 19.7 Å². The summed E-state index contributed by atoms with van der Waals surface area (Å²) >= 11 is 12.5. The fraction of sp³-hybridized carbons (Fsp3) is 0.435. The smallest absolute Gasteiger partial charge is 0.255 e. The Morgan fingerprint density at radius 1 is 1.09 bits per heavy atom. The molecule has 0 radical (unpaired) electrons. The number of methoxy groups -OCH3 is 2. The second-order valence-electron chi connectivity index (χ2n) is 7.91. The Bertz CT molecular complexity index is 937. The molecule has 1 aliphatic heterocycles. The van der Waals surface area contributed by atoms with Gasteiger partial charge in [-0.05, 0) is 37.6 Å². The van der Waals surface area contributed by atoms with Crippen LogP contribution in [0.2, 0.25) is 10.0 Å². The summed E-state index contributed by atoms with van der Waals surface area (Å²) in [6.45, 7) is 5.44. The number of nitrogens with zero attached hydrogens (tertiary/aromatic N) is 2. The molecule has 1 N–H and O–H groups in total. The predicted octanol–water partition coefficient (Wildman–Crippen LogP) is 2.60. The molecule has 0 aromatic heterocycles. The Balaban J connectivity index is 1.40. The number of hydrogen-bond acceptors (Lipinski definition) is 5. The first-order valence-electron chi connectivity index (χ1n) is 10.9. The number of unbranched alkanes of at least 4 members (excludes halogenated alkanes) is 1. The number of benzene rings is 2. The van der Waals surface area contributed by atoms with E-state index in [1.54, 1.807) is 14.2 Å². The summed E-state index contributed by atoms with van der Waals surface area (Å²) < 4.78 is 10.7. The predicted molar refractivity (Wildman–Crippen MR) is 134 cm³/mol. The lowest BCUT2D eigenvalue weighted by Gasteiger charge is -2.36. The largest absolute Gasteiger partial charge is 0.493 e. The van der Waals surface area contributed by atoms with Crippen LogP contribution in [0.4, 0.5) is 5.69 Å². The minimum Gasteiger partial charge on any atom is -0.493 e. The van der Waals surface area contributed by atoms with Crippen LogP contribution >= 0.6 is 23.2 Å². The van der Waals surface area contributed by atoms with Crippen LogP contribution in [0.15, 0.2) is 30.3 Å². The summed E-state index contributed by atoms with van der Waals surface area (Å²) in [5, 5.41) is 4.22. The van der Waals surface area contributed by atoms with Gasteiger partial charge in [-0.25, -0.2) is 0 Å². The van der Waals surface area contributed by atoms with E-state index in [1.807, 2.05) is 38.2 Å². The van der Waals surface area contributed by atoms with Gasteiger partial charge in [0.05, 0.1) is 35.5 Å². The molecule has 1 heterocycles. The highest BCUT2D eigenvalue weighted by atomic mass is 35.5. The highest BCUT2D eigenvalue weighted by Crippen LogP contribution is 2.33. The maximum atomic E-state index is 12.6. The fourth-order valence-electron chi connectivity index (χ4n) is 3.98. The number of rotatable bonds is 9. The highest BCUT2D eigenvalue weighted by molar-refractivity contribution is 6.43. The van der Waals surface area contributed by atoms with Crippen molar-refractivity contribution in [2.75, 3.05) is 58.4 Å². The van der Waals surface area contributed by atoms with Crippen molar-refractivity contribution in [1.29, 1.82) is 0 Å². The van der Waals surface area contributed by atoms with Crippen molar-refractivity contribution < 1.29 is 14.3 Å². The third kappa shape index (κ3) is 6.03. The molecule has 32 heavy (non-hydrogen) atoms. The number of halogens is 2. The molecule has 172 valence electrons. The van der Waals surface area contributed by atoms with Crippen LogP contribution in [0.1, 0.15) is 23.2 Å². The van der Waals surface area contributed by atoms with Crippen LogP contribution in [0.5, 0.6) is 11.5 Å². The summed E-state index contributed by atoms with van der Waals surface area (Å²) in [5.74, 6) is 0.889. The molecule has 0 aliphatic carbocycles. The number of carbonyl (C=O) groups excluding carboxylic acids is 1. The topological polar surface area (TPSA) is 54.0 Å². The summed E-state index contributed by atoms with van der Waals surface area (Å²) in [5.41, 5.74) is 2.45. The molecule has 1 aliphatic rings. The average molecular weight is 478 g/mol. The van der Waals surface area contributed by atoms with Gasteiger partial charge in [0.15, 0.2) is 11.5 Å². The molecule has 0 bridgehead atoms. The average Bonchev–Trinajstić information content (AvgIpc) is 2.80. The van der Waals surface area contributed by atoms with Crippen molar-refractivity contribution in [2.24, 2.45) is 0 Å². The number of carbonyl (C=O) groups is 1. The van der Waals surface area contributed by atoms with Gasteiger partial charge in [0.2, 0.25) is 0 Å². The number of ether oxygens (including phenoxy) is 2. The van der Waals surface area contributed by atoms with Gasteiger partial charge >= 0.3 is 0 Å². The van der Waals surface area contributed by atoms with Crippen molar-refractivity contribution in [1.82, 2.24) is 10.2 Å².